The van der Waals surface area contributed by atoms with Crippen LogP contribution in [0.1, 0.15) is 15.9 Å². The molecule has 0 heterocycles. The van der Waals surface area contributed by atoms with Crippen molar-refractivity contribution < 1.29 is 18.3 Å². The minimum Gasteiger partial charge on any atom is -0.507 e. The van der Waals surface area contributed by atoms with Gasteiger partial charge in [0, 0.05) is 16.2 Å². The van der Waals surface area contributed by atoms with Crippen LogP contribution in [0.5, 0.6) is 5.75 Å². The topological polar surface area (TPSA) is 71.4 Å². The summed E-state index contributed by atoms with van der Waals surface area (Å²) in [6, 6.07) is 11.6. The maximum Gasteiger partial charge on any atom is 0.261 e. The van der Waals surface area contributed by atoms with Crippen LogP contribution in [0.4, 0.5) is 0 Å². The van der Waals surface area contributed by atoms with E-state index in [1.807, 2.05) is 0 Å². The summed E-state index contributed by atoms with van der Waals surface area (Å²) in [4.78, 5) is 11.9. The van der Waals surface area contributed by atoms with E-state index in [0.29, 0.717) is 5.56 Å². The molecule has 0 bridgehead atoms. The van der Waals surface area contributed by atoms with E-state index < -0.39 is 14.8 Å². The third-order valence-electron chi connectivity index (χ3n) is 2.53. The number of hydrogen-bond acceptors (Lipinski definition) is 4. The maximum atomic E-state index is 12.1. The van der Waals surface area contributed by atoms with E-state index >= 15 is 0 Å². The number of hydrogen-bond donors (Lipinski definition) is 1. The van der Waals surface area contributed by atoms with Crippen LogP contribution >= 0.6 is 10.7 Å². The highest BCUT2D eigenvalue weighted by Gasteiger charge is 2.18. The first-order chi connectivity index (χ1) is 8.89. The lowest BCUT2D eigenvalue weighted by molar-refractivity contribution is 0.103. The zero-order chi connectivity index (χ0) is 14.0. The summed E-state index contributed by atoms with van der Waals surface area (Å²) in [5.74, 6) is -0.766. The van der Waals surface area contributed by atoms with Gasteiger partial charge in [0.2, 0.25) is 0 Å². The fraction of sp³-hybridized carbons (Fsp3) is 0. The van der Waals surface area contributed by atoms with Gasteiger partial charge in [0.25, 0.3) is 9.05 Å². The lowest BCUT2D eigenvalue weighted by atomic mass is 10.0. The fourth-order valence-corrected chi connectivity index (χ4v) is 2.37. The summed E-state index contributed by atoms with van der Waals surface area (Å²) >= 11 is 0. The van der Waals surface area contributed by atoms with Crippen molar-refractivity contribution in [3.05, 3.63) is 59.7 Å². The number of carbonyl (C=O) groups excluding carboxylic acids is 1. The predicted molar refractivity (Wildman–Crippen MR) is 71.0 cm³/mol. The van der Waals surface area contributed by atoms with Crippen molar-refractivity contribution >= 4 is 25.5 Å². The second-order valence-corrected chi connectivity index (χ2v) is 6.38. The van der Waals surface area contributed by atoms with E-state index in [1.165, 1.54) is 0 Å². The molecule has 0 unspecified atom stereocenters. The second-order valence-electron chi connectivity index (χ2n) is 3.81. The largest absolute Gasteiger partial charge is 0.507 e. The molecule has 0 atom stereocenters. The Bertz CT molecular complexity index is 724. The first-order valence-corrected chi connectivity index (χ1v) is 7.58. The van der Waals surface area contributed by atoms with E-state index in [0.717, 1.165) is 18.2 Å². The average Bonchev–Trinajstić information content (AvgIpc) is 2.38. The van der Waals surface area contributed by atoms with Crippen LogP contribution in [0.3, 0.4) is 0 Å². The molecule has 0 spiro atoms. The highest BCUT2D eigenvalue weighted by atomic mass is 35.7. The Kier molecular flexibility index (Phi) is 3.59. The number of carbonyl (C=O) groups is 1. The molecular formula is C13H9ClO4S. The summed E-state index contributed by atoms with van der Waals surface area (Å²) < 4.78 is 22.5. The van der Waals surface area contributed by atoms with Gasteiger partial charge in [-0.1, -0.05) is 30.3 Å². The Hall–Kier alpha value is -1.85. The molecule has 4 nitrogen and oxygen atoms in total. The van der Waals surface area contributed by atoms with Gasteiger partial charge in [-0.15, -0.1) is 0 Å². The van der Waals surface area contributed by atoms with Crippen molar-refractivity contribution in [2.24, 2.45) is 0 Å². The number of phenolic OH excluding ortho intramolecular Hbond substituents is 1. The molecule has 0 fully saturated rings. The summed E-state index contributed by atoms with van der Waals surface area (Å²) in [5.41, 5.74) is 0.245. The van der Waals surface area contributed by atoms with Crippen LogP contribution in [-0.4, -0.2) is 19.3 Å². The Balaban J connectivity index is 2.54. The maximum absolute atomic E-state index is 12.1. The van der Waals surface area contributed by atoms with Crippen LogP contribution in [0.2, 0.25) is 0 Å². The quantitative estimate of drug-likeness (QED) is 0.698. The molecule has 0 amide bonds. The normalized spacial score (nSPS) is 11.2. The molecule has 1 N–H and O–H groups in total. The molecule has 98 valence electrons. The van der Waals surface area contributed by atoms with Crippen molar-refractivity contribution in [1.82, 2.24) is 0 Å². The van der Waals surface area contributed by atoms with Gasteiger partial charge >= 0.3 is 0 Å². The molecule has 0 radical (unpaired) electrons. The molecule has 0 aliphatic rings. The molecule has 0 saturated carbocycles. The van der Waals surface area contributed by atoms with Crippen LogP contribution in [0.25, 0.3) is 0 Å². The van der Waals surface area contributed by atoms with Crippen LogP contribution in [0.15, 0.2) is 53.4 Å². The van der Waals surface area contributed by atoms with Gasteiger partial charge < -0.3 is 5.11 Å². The van der Waals surface area contributed by atoms with Gasteiger partial charge in [-0.3, -0.25) is 4.79 Å². The molecule has 19 heavy (non-hydrogen) atoms. The highest BCUT2D eigenvalue weighted by Crippen LogP contribution is 2.25. The van der Waals surface area contributed by atoms with E-state index in [-0.39, 0.29) is 16.2 Å². The summed E-state index contributed by atoms with van der Waals surface area (Å²) in [6.45, 7) is 0. The van der Waals surface area contributed by atoms with E-state index in [4.69, 9.17) is 10.7 Å². The smallest absolute Gasteiger partial charge is 0.261 e. The van der Waals surface area contributed by atoms with Gasteiger partial charge in [0.15, 0.2) is 5.78 Å². The van der Waals surface area contributed by atoms with E-state index in [9.17, 15) is 18.3 Å². The molecule has 6 heteroatoms. The number of aromatic hydroxyl groups is 1. The van der Waals surface area contributed by atoms with Crippen molar-refractivity contribution in [3.8, 4) is 5.75 Å². The Labute approximate surface area is 114 Å². The minimum absolute atomic E-state index is 0.104. The molecule has 2 aromatic rings. The van der Waals surface area contributed by atoms with Crippen LogP contribution < -0.4 is 0 Å². The molecule has 0 aliphatic heterocycles. The molecule has 2 aromatic carbocycles. The second kappa shape index (κ2) is 5.03. The third kappa shape index (κ3) is 2.94. The average molecular weight is 297 g/mol. The van der Waals surface area contributed by atoms with Crippen molar-refractivity contribution in [2.45, 2.75) is 4.90 Å². The first-order valence-electron chi connectivity index (χ1n) is 5.27. The van der Waals surface area contributed by atoms with Crippen molar-refractivity contribution in [3.63, 3.8) is 0 Å². The van der Waals surface area contributed by atoms with Crippen LogP contribution in [-0.2, 0) is 9.05 Å². The van der Waals surface area contributed by atoms with E-state index in [2.05, 4.69) is 0 Å². The predicted octanol–water partition coefficient (Wildman–Crippen LogP) is 2.55. The Morgan fingerprint density at radius 2 is 1.68 bits per heavy atom. The fourth-order valence-electron chi connectivity index (χ4n) is 1.59. The van der Waals surface area contributed by atoms with Crippen LogP contribution in [0, 0.1) is 0 Å². The Morgan fingerprint density at radius 3 is 2.26 bits per heavy atom. The number of halogens is 1. The van der Waals surface area contributed by atoms with Gasteiger partial charge in [-0.05, 0) is 18.2 Å². The van der Waals surface area contributed by atoms with Gasteiger partial charge in [0.05, 0.1) is 10.5 Å². The lowest BCUT2D eigenvalue weighted by Crippen LogP contribution is -2.03. The number of phenols is 1. The van der Waals surface area contributed by atoms with Gasteiger partial charge in [-0.2, -0.15) is 0 Å². The monoisotopic (exact) mass is 296 g/mol. The summed E-state index contributed by atoms with van der Waals surface area (Å²) in [5, 5.41) is 9.67. The zero-order valence-electron chi connectivity index (χ0n) is 9.58. The highest BCUT2D eigenvalue weighted by molar-refractivity contribution is 8.13. The molecule has 0 aromatic heterocycles. The first kappa shape index (κ1) is 13.6. The van der Waals surface area contributed by atoms with Gasteiger partial charge in [0.1, 0.15) is 5.75 Å². The van der Waals surface area contributed by atoms with Crippen molar-refractivity contribution in [1.29, 1.82) is 0 Å². The number of ketones is 1. The molecule has 0 saturated heterocycles. The third-order valence-corrected chi connectivity index (χ3v) is 3.88. The lowest BCUT2D eigenvalue weighted by Gasteiger charge is -2.05. The SMILES string of the molecule is O=C(c1ccccc1)c1cc(S(=O)(=O)Cl)ccc1O. The van der Waals surface area contributed by atoms with Crippen molar-refractivity contribution in [2.75, 3.05) is 0 Å². The standard InChI is InChI=1S/C13H9ClO4S/c14-19(17,18)10-6-7-12(15)11(8-10)13(16)9-4-2-1-3-5-9/h1-8,15H. The number of rotatable bonds is 3. The Morgan fingerprint density at radius 1 is 1.05 bits per heavy atom. The van der Waals surface area contributed by atoms with Gasteiger partial charge in [-0.25, -0.2) is 8.42 Å². The van der Waals surface area contributed by atoms with E-state index in [1.54, 1.807) is 30.3 Å². The zero-order valence-corrected chi connectivity index (χ0v) is 11.1. The molecule has 0 aliphatic carbocycles. The summed E-state index contributed by atoms with van der Waals surface area (Å²) in [7, 11) is 1.26. The molecular weight excluding hydrogens is 288 g/mol. The summed E-state index contributed by atoms with van der Waals surface area (Å²) in [6.07, 6.45) is 0. The number of benzene rings is 2. The minimum atomic E-state index is -3.95. The molecule has 2 rings (SSSR count).